The summed E-state index contributed by atoms with van der Waals surface area (Å²) in [6.45, 7) is 10.8. The van der Waals surface area contributed by atoms with Crippen LogP contribution in [-0.4, -0.2) is 29.3 Å². The van der Waals surface area contributed by atoms with Crippen molar-refractivity contribution in [2.24, 2.45) is 0 Å². The molecule has 0 aliphatic carbocycles. The van der Waals surface area contributed by atoms with E-state index < -0.39 is 0 Å². The van der Waals surface area contributed by atoms with Crippen molar-refractivity contribution in [2.45, 2.75) is 39.5 Å². The van der Waals surface area contributed by atoms with E-state index >= 15 is 0 Å². The fraction of sp³-hybridized carbons (Fsp3) is 0.115. The van der Waals surface area contributed by atoms with Crippen molar-refractivity contribution in [3.05, 3.63) is 171 Å². The summed E-state index contributed by atoms with van der Waals surface area (Å²) in [5.41, 5.74) is 22.1. The Morgan fingerprint density at radius 3 is 1.43 bits per heavy atom. The summed E-state index contributed by atoms with van der Waals surface area (Å²) >= 11 is 1.74. The van der Waals surface area contributed by atoms with Crippen LogP contribution < -0.4 is 19.9 Å². The van der Waals surface area contributed by atoms with Gasteiger partial charge in [-0.3, -0.25) is 0 Å². The van der Waals surface area contributed by atoms with Crippen LogP contribution in [0.1, 0.15) is 61.7 Å². The number of rotatable bonds is 4. The minimum Gasteiger partial charge on any atom is -0.657 e. The largest absolute Gasteiger partial charge is 2.00 e. The van der Waals surface area contributed by atoms with Gasteiger partial charge in [-0.2, -0.15) is 0 Å². The molecule has 2 N–H and O–H groups in total. The van der Waals surface area contributed by atoms with Gasteiger partial charge in [-0.05, 0) is 105 Å². The van der Waals surface area contributed by atoms with Crippen LogP contribution in [0.5, 0.6) is 0 Å². The van der Waals surface area contributed by atoms with E-state index in [-0.39, 0.29) is 23.1 Å². The van der Waals surface area contributed by atoms with Crippen LogP contribution in [0.4, 0.5) is 0 Å². The molecule has 4 aromatic carbocycles. The molecule has 8 bridgehead atoms. The molecule has 0 saturated carbocycles. The maximum absolute atomic E-state index is 5.47. The zero-order valence-electron chi connectivity index (χ0n) is 33.7. The van der Waals surface area contributed by atoms with Gasteiger partial charge in [-0.15, -0.1) is 33.8 Å². The molecule has 0 unspecified atom stereocenters. The number of nitrogens with zero attached hydrogens (tertiary/aromatic N) is 2. The Hall–Kier alpha value is -5.84. The third-order valence-corrected chi connectivity index (χ3v) is 11.6. The van der Waals surface area contributed by atoms with E-state index in [0.717, 1.165) is 89.4 Å². The molecule has 7 aromatic rings. The topological polar surface area (TPSA) is 56.5 Å². The van der Waals surface area contributed by atoms with Crippen molar-refractivity contribution in [3.8, 4) is 45.2 Å². The summed E-state index contributed by atoms with van der Waals surface area (Å²) in [6.07, 6.45) is 10.8. The van der Waals surface area contributed by atoms with E-state index in [4.69, 9.17) is 9.97 Å². The van der Waals surface area contributed by atoms with Crippen LogP contribution >= 0.6 is 11.8 Å². The summed E-state index contributed by atoms with van der Waals surface area (Å²) < 4.78 is 0. The Balaban J connectivity index is 0.00000469. The molecule has 0 amide bonds. The van der Waals surface area contributed by atoms with E-state index in [1.165, 1.54) is 32.7 Å². The first-order chi connectivity index (χ1) is 27.7. The minimum absolute atomic E-state index is 0. The molecular weight excluding hydrogens is 737 g/mol. The van der Waals surface area contributed by atoms with Crippen molar-refractivity contribution in [3.63, 3.8) is 0 Å². The molecule has 0 saturated heterocycles. The first kappa shape index (κ1) is 39.0. The van der Waals surface area contributed by atoms with Crippen molar-refractivity contribution in [1.82, 2.24) is 9.97 Å². The van der Waals surface area contributed by atoms with Crippen molar-refractivity contribution >= 4 is 81.2 Å². The number of nitrogens with one attached hydrogen (secondary N) is 2. The van der Waals surface area contributed by atoms with Gasteiger partial charge in [0.25, 0.3) is 0 Å². The number of aromatic nitrogens is 4. The molecule has 0 fully saturated rings. The Labute approximate surface area is 360 Å². The number of thioether (sulfide) groups is 1. The van der Waals surface area contributed by atoms with Crippen LogP contribution in [0.25, 0.3) is 79.8 Å². The Morgan fingerprint density at radius 2 is 0.879 bits per heavy atom. The molecule has 276 valence electrons. The Bertz CT molecular complexity index is 3000. The van der Waals surface area contributed by atoms with Gasteiger partial charge in [-0.25, -0.2) is 9.97 Å². The number of fused-ring (bicyclic) bond motifs is 8. The molecule has 58 heavy (non-hydrogen) atoms. The van der Waals surface area contributed by atoms with Gasteiger partial charge >= 0.3 is 23.1 Å². The molecule has 0 spiro atoms. The number of aromatic amines is 2. The average Bonchev–Trinajstić information content (AvgIpc) is 4.06. The summed E-state index contributed by atoms with van der Waals surface area (Å²) in [4.78, 5) is 19.7. The van der Waals surface area contributed by atoms with E-state index in [0.29, 0.717) is 0 Å². The van der Waals surface area contributed by atoms with Crippen LogP contribution in [0, 0.1) is 46.5 Å². The fourth-order valence-corrected chi connectivity index (χ4v) is 8.46. The molecule has 6 heteroatoms. The summed E-state index contributed by atoms with van der Waals surface area (Å²) in [5.74, 6) is 6.67. The predicted octanol–water partition coefficient (Wildman–Crippen LogP) is 11.0. The minimum atomic E-state index is 0. The van der Waals surface area contributed by atoms with E-state index in [2.05, 4.69) is 196 Å². The fourth-order valence-electron chi connectivity index (χ4n) is 8.05. The Morgan fingerprint density at radius 1 is 0.448 bits per heavy atom. The molecular formula is C52H42MgN4S+2. The summed E-state index contributed by atoms with van der Waals surface area (Å²) in [7, 11) is 0. The van der Waals surface area contributed by atoms with Gasteiger partial charge in [0.05, 0.1) is 0 Å². The SMILES string of the molecule is CSc1ccc(-c2c3[nH+]c(c(-c4ccc(C#Cc5ccc(C)cc5)cc4)c4ccc([n-]4)c(C)c4[nH+]c(c(-c5c(C)cc(C)cc5C)c5ccc2[n-]5)C=C4)C=C3)cc1.[Mg+2]. The monoisotopic (exact) mass is 778 g/mol. The molecule has 5 heterocycles. The average molecular weight is 779 g/mol. The molecule has 9 rings (SSSR count). The van der Waals surface area contributed by atoms with Gasteiger partial charge < -0.3 is 9.97 Å². The first-order valence-corrected chi connectivity index (χ1v) is 20.5. The van der Waals surface area contributed by atoms with E-state index in [1.807, 2.05) is 0 Å². The summed E-state index contributed by atoms with van der Waals surface area (Å²) in [5, 5.41) is 0. The van der Waals surface area contributed by atoms with Gasteiger partial charge in [0.2, 0.25) is 22.8 Å². The van der Waals surface area contributed by atoms with Gasteiger partial charge in [0.1, 0.15) is 0 Å². The van der Waals surface area contributed by atoms with E-state index in [1.54, 1.807) is 11.8 Å². The molecule has 4 nitrogen and oxygen atoms in total. The Kier molecular flexibility index (Phi) is 10.9. The molecule has 2 aliphatic heterocycles. The number of hydrogen-bond acceptors (Lipinski definition) is 1. The van der Waals surface area contributed by atoms with E-state index in [9.17, 15) is 0 Å². The quantitative estimate of drug-likeness (QED) is 0.102. The smallest absolute Gasteiger partial charge is 0.657 e. The third-order valence-electron chi connectivity index (χ3n) is 10.9. The van der Waals surface area contributed by atoms with Gasteiger partial charge in [0.15, 0.2) is 0 Å². The molecule has 2 aliphatic rings. The second-order valence-corrected chi connectivity index (χ2v) is 15.8. The second kappa shape index (κ2) is 16.2. The molecule has 0 radical (unpaired) electrons. The first-order valence-electron chi connectivity index (χ1n) is 19.3. The van der Waals surface area contributed by atoms with Crippen LogP contribution in [-0.2, 0) is 0 Å². The van der Waals surface area contributed by atoms with Crippen LogP contribution in [0.3, 0.4) is 0 Å². The standard InChI is InChI=1S/C52H40N4S.Mg/c1-31-7-9-36(10-8-31)11-12-37-13-15-38(16-14-37)50-43-23-21-41(53-43)35(5)42-22-24-47(54-42)52(49-33(3)29-32(2)30-34(49)4)48-28-27-46(56-48)51(45-26-25-44(50)55-45)39-17-19-40(57-6)20-18-39;/h7-10,13-30H,1-6H3;/q-2;+2/p+2. The number of hydrogen-bond donors (Lipinski definition) is 0. The van der Waals surface area contributed by atoms with Gasteiger partial charge in [0, 0.05) is 62.6 Å². The van der Waals surface area contributed by atoms with Crippen molar-refractivity contribution in [1.29, 1.82) is 0 Å². The maximum Gasteiger partial charge on any atom is 2.00 e. The predicted molar refractivity (Wildman–Crippen MR) is 244 cm³/mol. The number of aryl methyl sites for hydroxylation is 5. The normalized spacial score (nSPS) is 11.6. The molecule has 0 atom stereocenters. The molecule has 3 aromatic heterocycles. The third kappa shape index (κ3) is 7.50. The zero-order valence-corrected chi connectivity index (χ0v) is 35.9. The van der Waals surface area contributed by atoms with Crippen LogP contribution in [0.2, 0.25) is 0 Å². The summed E-state index contributed by atoms with van der Waals surface area (Å²) in [6, 6.07) is 38.7. The van der Waals surface area contributed by atoms with Crippen LogP contribution in [0.15, 0.2) is 114 Å². The van der Waals surface area contributed by atoms with Gasteiger partial charge in [-0.1, -0.05) is 95.8 Å². The van der Waals surface area contributed by atoms with Crippen molar-refractivity contribution in [2.75, 3.05) is 6.26 Å². The number of benzene rings is 4. The van der Waals surface area contributed by atoms with Crippen molar-refractivity contribution < 1.29 is 9.97 Å². The zero-order chi connectivity index (χ0) is 39.2. The maximum atomic E-state index is 5.47. The second-order valence-electron chi connectivity index (χ2n) is 14.9. The number of H-pyrrole nitrogens is 2.